The largest absolute Gasteiger partial charge is 0.468 e. The van der Waals surface area contributed by atoms with Gasteiger partial charge in [-0.2, -0.15) is 4.31 Å². The monoisotopic (exact) mass is 563 g/mol. The standard InChI is InChI=1S/C27H34ClN3O6S/c1-4-5-11-25-29-26(28)23(17-32)31(25)16-20-12-14-22(15-13-20)38(34,35)30(2)24(27(33)36-3)19-37-18-21-9-7-6-8-10-21/h6-10,12-15,24,32H,4-5,11,16-19H2,1-3H3. The third-order valence-electron chi connectivity index (χ3n) is 6.25. The minimum atomic E-state index is -4.03. The molecule has 206 valence electrons. The molecule has 3 rings (SSSR count). The Balaban J connectivity index is 1.76. The van der Waals surface area contributed by atoms with Crippen molar-refractivity contribution in [2.75, 3.05) is 20.8 Å². The number of hydrogen-bond donors (Lipinski definition) is 1. The molecular formula is C27H34ClN3O6S. The van der Waals surface area contributed by atoms with Crippen molar-refractivity contribution in [2.45, 2.75) is 56.9 Å². The Hall–Kier alpha value is -2.76. The second-order valence-electron chi connectivity index (χ2n) is 8.82. The molecule has 11 heteroatoms. The van der Waals surface area contributed by atoms with E-state index in [1.54, 1.807) is 12.1 Å². The predicted molar refractivity (Wildman–Crippen MR) is 144 cm³/mol. The van der Waals surface area contributed by atoms with Gasteiger partial charge < -0.3 is 19.1 Å². The van der Waals surface area contributed by atoms with Crippen molar-refractivity contribution in [1.29, 1.82) is 0 Å². The lowest BCUT2D eigenvalue weighted by Gasteiger charge is -2.25. The maximum atomic E-state index is 13.4. The van der Waals surface area contributed by atoms with Gasteiger partial charge in [0, 0.05) is 20.0 Å². The zero-order valence-electron chi connectivity index (χ0n) is 21.8. The van der Waals surface area contributed by atoms with E-state index < -0.39 is 22.0 Å². The molecule has 1 heterocycles. The van der Waals surface area contributed by atoms with E-state index in [1.807, 2.05) is 34.9 Å². The number of imidazole rings is 1. The number of aliphatic hydroxyl groups excluding tert-OH is 1. The van der Waals surface area contributed by atoms with Crippen LogP contribution in [-0.4, -0.2) is 60.2 Å². The van der Waals surface area contributed by atoms with Crippen molar-refractivity contribution < 1.29 is 27.8 Å². The van der Waals surface area contributed by atoms with Gasteiger partial charge in [0.2, 0.25) is 10.0 Å². The van der Waals surface area contributed by atoms with Gasteiger partial charge in [0.1, 0.15) is 11.9 Å². The number of aryl methyl sites for hydroxylation is 1. The van der Waals surface area contributed by atoms with Gasteiger partial charge in [0.25, 0.3) is 0 Å². The number of carbonyl (C=O) groups excluding carboxylic acids is 1. The Labute approximate surface area is 229 Å². The Morgan fingerprint density at radius 3 is 2.42 bits per heavy atom. The van der Waals surface area contributed by atoms with Gasteiger partial charge in [0.05, 0.1) is 37.5 Å². The van der Waals surface area contributed by atoms with Crippen molar-refractivity contribution in [3.05, 3.63) is 82.4 Å². The summed E-state index contributed by atoms with van der Waals surface area (Å²) in [5.41, 5.74) is 2.23. The molecule has 0 radical (unpaired) electrons. The van der Waals surface area contributed by atoms with Crippen LogP contribution in [0.15, 0.2) is 59.5 Å². The van der Waals surface area contributed by atoms with E-state index in [0.29, 0.717) is 12.2 Å². The highest BCUT2D eigenvalue weighted by Gasteiger charge is 2.34. The second kappa shape index (κ2) is 13.9. The summed E-state index contributed by atoms with van der Waals surface area (Å²) in [5.74, 6) is 0.0580. The number of halogens is 1. The highest BCUT2D eigenvalue weighted by atomic mass is 35.5. The summed E-state index contributed by atoms with van der Waals surface area (Å²) >= 11 is 6.23. The molecule has 0 amide bonds. The molecule has 2 aromatic carbocycles. The van der Waals surface area contributed by atoms with Gasteiger partial charge in [-0.15, -0.1) is 0 Å². The predicted octanol–water partition coefficient (Wildman–Crippen LogP) is 3.80. The summed E-state index contributed by atoms with van der Waals surface area (Å²) in [4.78, 5) is 16.9. The van der Waals surface area contributed by atoms with Gasteiger partial charge in [-0.05, 0) is 29.7 Å². The molecule has 9 nitrogen and oxygen atoms in total. The number of unbranched alkanes of at least 4 members (excludes halogenated alkanes) is 1. The van der Waals surface area contributed by atoms with E-state index in [2.05, 4.69) is 11.9 Å². The van der Waals surface area contributed by atoms with Crippen molar-refractivity contribution >= 4 is 27.6 Å². The third-order valence-corrected chi connectivity index (χ3v) is 8.43. The summed E-state index contributed by atoms with van der Waals surface area (Å²) in [6.45, 7) is 2.27. The normalized spacial score (nSPS) is 12.6. The minimum Gasteiger partial charge on any atom is -0.468 e. The summed E-state index contributed by atoms with van der Waals surface area (Å²) in [6, 6.07) is 14.6. The number of sulfonamides is 1. The van der Waals surface area contributed by atoms with E-state index >= 15 is 0 Å². The maximum absolute atomic E-state index is 13.4. The van der Waals surface area contributed by atoms with Crippen LogP contribution in [0.3, 0.4) is 0 Å². The Morgan fingerprint density at radius 2 is 1.82 bits per heavy atom. The van der Waals surface area contributed by atoms with Crippen LogP contribution in [0.1, 0.15) is 42.4 Å². The number of benzene rings is 2. The number of likely N-dealkylation sites (N-methyl/N-ethyl adjacent to an activating group) is 1. The minimum absolute atomic E-state index is 0.0259. The molecule has 0 aliphatic carbocycles. The molecule has 1 N–H and O–H groups in total. The smallest absolute Gasteiger partial charge is 0.326 e. The summed E-state index contributed by atoms with van der Waals surface area (Å²) in [5, 5.41) is 10.1. The van der Waals surface area contributed by atoms with Crippen molar-refractivity contribution in [2.24, 2.45) is 0 Å². The van der Waals surface area contributed by atoms with Gasteiger partial charge in [-0.3, -0.25) is 4.79 Å². The van der Waals surface area contributed by atoms with E-state index in [1.165, 1.54) is 26.3 Å². The molecule has 0 spiro atoms. The number of rotatable bonds is 14. The van der Waals surface area contributed by atoms with Crippen LogP contribution in [-0.2, 0) is 50.5 Å². The molecule has 0 saturated heterocycles. The van der Waals surface area contributed by atoms with Crippen LogP contribution in [0.2, 0.25) is 5.15 Å². The first-order valence-electron chi connectivity index (χ1n) is 12.3. The zero-order chi connectivity index (χ0) is 27.7. The van der Waals surface area contributed by atoms with Gasteiger partial charge in [-0.1, -0.05) is 67.4 Å². The molecule has 1 aromatic heterocycles. The number of aromatic nitrogens is 2. The number of methoxy groups -OCH3 is 1. The fraction of sp³-hybridized carbons (Fsp3) is 0.407. The number of ether oxygens (including phenoxy) is 2. The summed E-state index contributed by atoms with van der Waals surface area (Å²) in [6.07, 6.45) is 2.63. The highest BCUT2D eigenvalue weighted by Crippen LogP contribution is 2.23. The van der Waals surface area contributed by atoms with Crippen LogP contribution < -0.4 is 0 Å². The van der Waals surface area contributed by atoms with E-state index in [-0.39, 0.29) is 29.9 Å². The van der Waals surface area contributed by atoms with Crippen molar-refractivity contribution in [3.63, 3.8) is 0 Å². The molecule has 0 aliphatic heterocycles. The Bertz CT molecular complexity index is 1300. The van der Waals surface area contributed by atoms with E-state index in [9.17, 15) is 18.3 Å². The molecular weight excluding hydrogens is 530 g/mol. The average Bonchev–Trinajstić information content (AvgIpc) is 3.23. The van der Waals surface area contributed by atoms with Crippen LogP contribution in [0, 0.1) is 0 Å². The molecule has 0 fully saturated rings. The van der Waals surface area contributed by atoms with Crippen LogP contribution in [0.25, 0.3) is 0 Å². The zero-order valence-corrected chi connectivity index (χ0v) is 23.4. The van der Waals surface area contributed by atoms with Gasteiger partial charge in [0.15, 0.2) is 5.15 Å². The number of aliphatic hydroxyl groups is 1. The fourth-order valence-electron chi connectivity index (χ4n) is 3.97. The number of hydrogen-bond acceptors (Lipinski definition) is 7. The molecule has 0 bridgehead atoms. The Morgan fingerprint density at radius 1 is 1.13 bits per heavy atom. The second-order valence-corrected chi connectivity index (χ2v) is 11.2. The SMILES string of the molecule is CCCCc1nc(Cl)c(CO)n1Cc1ccc(S(=O)(=O)N(C)C(COCc2ccccc2)C(=O)OC)cc1. The fourth-order valence-corrected chi connectivity index (χ4v) is 5.53. The first-order chi connectivity index (χ1) is 18.2. The van der Waals surface area contributed by atoms with E-state index in [4.69, 9.17) is 21.1 Å². The number of nitrogens with zero attached hydrogens (tertiary/aromatic N) is 3. The molecule has 0 saturated carbocycles. The molecule has 38 heavy (non-hydrogen) atoms. The highest BCUT2D eigenvalue weighted by molar-refractivity contribution is 7.89. The molecule has 1 unspecified atom stereocenters. The number of carbonyl (C=O) groups is 1. The first-order valence-corrected chi connectivity index (χ1v) is 14.2. The van der Waals surface area contributed by atoms with Crippen molar-refractivity contribution in [1.82, 2.24) is 13.9 Å². The topological polar surface area (TPSA) is 111 Å². The Kier molecular flexibility index (Phi) is 10.9. The lowest BCUT2D eigenvalue weighted by molar-refractivity contribution is -0.147. The summed E-state index contributed by atoms with van der Waals surface area (Å²) in [7, 11) is -1.50. The maximum Gasteiger partial charge on any atom is 0.326 e. The van der Waals surface area contributed by atoms with Crippen molar-refractivity contribution in [3.8, 4) is 0 Å². The number of esters is 1. The van der Waals surface area contributed by atoms with Gasteiger partial charge >= 0.3 is 5.97 Å². The van der Waals surface area contributed by atoms with Crippen LogP contribution in [0.5, 0.6) is 0 Å². The summed E-state index contributed by atoms with van der Waals surface area (Å²) < 4.78 is 40.1. The third kappa shape index (κ3) is 7.21. The molecule has 0 aliphatic rings. The van der Waals surface area contributed by atoms with Gasteiger partial charge in [-0.25, -0.2) is 13.4 Å². The van der Waals surface area contributed by atoms with Crippen LogP contribution >= 0.6 is 11.6 Å². The van der Waals surface area contributed by atoms with E-state index in [0.717, 1.165) is 40.5 Å². The lowest BCUT2D eigenvalue weighted by Crippen LogP contribution is -2.45. The molecule has 1 atom stereocenters. The first kappa shape index (κ1) is 29.8. The molecule has 3 aromatic rings. The lowest BCUT2D eigenvalue weighted by atomic mass is 10.2. The quantitative estimate of drug-likeness (QED) is 0.297. The average molecular weight is 564 g/mol. The van der Waals surface area contributed by atoms with Crippen LogP contribution in [0.4, 0.5) is 0 Å².